The van der Waals surface area contributed by atoms with Gasteiger partial charge in [0.2, 0.25) is 5.91 Å². The number of benzene rings is 2. The van der Waals surface area contributed by atoms with Gasteiger partial charge in [0.15, 0.2) is 0 Å². The van der Waals surface area contributed by atoms with Gasteiger partial charge >= 0.3 is 0 Å². The number of para-hydroxylation sites is 1. The minimum absolute atomic E-state index is 0.0415. The Hall–Kier alpha value is -2.62. The van der Waals surface area contributed by atoms with Gasteiger partial charge in [0, 0.05) is 12.1 Å². The fourth-order valence-corrected chi connectivity index (χ4v) is 2.68. The topological polar surface area (TPSA) is 52.9 Å². The smallest absolute Gasteiger partial charge is 0.235 e. The Kier molecular flexibility index (Phi) is 3.69. The molecule has 21 heavy (non-hydrogen) atoms. The van der Waals surface area contributed by atoms with Crippen LogP contribution in [0, 0.1) is 0 Å². The minimum Gasteiger partial charge on any atom is -0.411 e. The van der Waals surface area contributed by atoms with Crippen molar-refractivity contribution in [1.82, 2.24) is 0 Å². The second-order valence-corrected chi connectivity index (χ2v) is 5.09. The first-order chi connectivity index (χ1) is 10.3. The van der Waals surface area contributed by atoms with Gasteiger partial charge in [-0.3, -0.25) is 4.79 Å². The van der Waals surface area contributed by atoms with Crippen molar-refractivity contribution in [3.63, 3.8) is 0 Å². The van der Waals surface area contributed by atoms with Crippen LogP contribution in [0.2, 0.25) is 0 Å². The number of anilines is 1. The number of rotatable bonds is 2. The number of carbonyl (C=O) groups is 1. The Morgan fingerprint density at radius 3 is 2.24 bits per heavy atom. The summed E-state index contributed by atoms with van der Waals surface area (Å²) in [5.74, 6) is -0.258. The molecule has 4 heteroatoms. The first-order valence-corrected chi connectivity index (χ1v) is 6.91. The van der Waals surface area contributed by atoms with Gasteiger partial charge in [0.1, 0.15) is 0 Å². The summed E-state index contributed by atoms with van der Waals surface area (Å²) in [6.07, 6.45) is 0.461. The van der Waals surface area contributed by atoms with Crippen LogP contribution in [0.25, 0.3) is 0 Å². The van der Waals surface area contributed by atoms with E-state index in [1.807, 2.05) is 60.7 Å². The Morgan fingerprint density at radius 1 is 1.00 bits per heavy atom. The standard InChI is InChI=1S/C17H16N2O2/c20-17-16(13-7-3-1-4-8-13)11-14(18-21)12-19(17)15-9-5-2-6-10-15/h1-10,16,21H,11-12H2. The molecule has 1 unspecified atom stereocenters. The number of hydrogen-bond donors (Lipinski definition) is 1. The van der Waals surface area contributed by atoms with Gasteiger partial charge < -0.3 is 10.1 Å². The summed E-state index contributed by atoms with van der Waals surface area (Å²) in [4.78, 5) is 14.5. The lowest BCUT2D eigenvalue weighted by Crippen LogP contribution is -2.45. The van der Waals surface area contributed by atoms with Crippen LogP contribution >= 0.6 is 0 Å². The predicted octanol–water partition coefficient (Wildman–Crippen LogP) is 3.04. The Morgan fingerprint density at radius 2 is 1.62 bits per heavy atom. The summed E-state index contributed by atoms with van der Waals surface area (Å²) in [5.41, 5.74) is 2.39. The molecule has 0 bridgehead atoms. The van der Waals surface area contributed by atoms with E-state index < -0.39 is 0 Å². The van der Waals surface area contributed by atoms with Crippen molar-refractivity contribution in [2.75, 3.05) is 11.4 Å². The van der Waals surface area contributed by atoms with Crippen LogP contribution in [0.1, 0.15) is 17.9 Å². The van der Waals surface area contributed by atoms with E-state index in [4.69, 9.17) is 5.21 Å². The summed E-state index contributed by atoms with van der Waals surface area (Å²) < 4.78 is 0. The third-order valence-corrected chi connectivity index (χ3v) is 3.76. The highest BCUT2D eigenvalue weighted by Gasteiger charge is 2.34. The summed E-state index contributed by atoms with van der Waals surface area (Å²) in [7, 11) is 0. The number of amides is 1. The highest BCUT2D eigenvalue weighted by molar-refractivity contribution is 6.09. The molecule has 1 saturated heterocycles. The van der Waals surface area contributed by atoms with Gasteiger partial charge in [-0.2, -0.15) is 0 Å². The number of nitrogens with zero attached hydrogens (tertiary/aromatic N) is 2. The maximum absolute atomic E-state index is 12.8. The monoisotopic (exact) mass is 280 g/mol. The largest absolute Gasteiger partial charge is 0.411 e. The lowest BCUT2D eigenvalue weighted by Gasteiger charge is -2.33. The van der Waals surface area contributed by atoms with Crippen molar-refractivity contribution in [2.24, 2.45) is 5.16 Å². The molecular weight excluding hydrogens is 264 g/mol. The molecule has 0 radical (unpaired) electrons. The van der Waals surface area contributed by atoms with Gasteiger partial charge in [0.25, 0.3) is 0 Å². The summed E-state index contributed by atoms with van der Waals surface area (Å²) in [6, 6.07) is 19.1. The van der Waals surface area contributed by atoms with E-state index in [0.29, 0.717) is 18.7 Å². The van der Waals surface area contributed by atoms with Crippen LogP contribution in [0.15, 0.2) is 65.8 Å². The minimum atomic E-state index is -0.300. The molecule has 106 valence electrons. The lowest BCUT2D eigenvalue weighted by molar-refractivity contribution is -0.120. The van der Waals surface area contributed by atoms with Gasteiger partial charge in [-0.15, -0.1) is 0 Å². The zero-order chi connectivity index (χ0) is 14.7. The molecule has 0 saturated carbocycles. The molecule has 2 aromatic carbocycles. The quantitative estimate of drug-likeness (QED) is 0.679. The van der Waals surface area contributed by atoms with E-state index >= 15 is 0 Å². The number of piperidine rings is 1. The molecule has 1 atom stereocenters. The third kappa shape index (κ3) is 2.65. The number of hydrogen-bond acceptors (Lipinski definition) is 3. The molecule has 1 aliphatic heterocycles. The summed E-state index contributed by atoms with van der Waals surface area (Å²) in [5, 5.41) is 12.5. The molecule has 1 N–H and O–H groups in total. The van der Waals surface area contributed by atoms with Crippen molar-refractivity contribution in [1.29, 1.82) is 0 Å². The van der Waals surface area contributed by atoms with E-state index in [2.05, 4.69) is 5.16 Å². The first-order valence-electron chi connectivity index (χ1n) is 6.91. The van der Waals surface area contributed by atoms with Gasteiger partial charge in [-0.25, -0.2) is 0 Å². The van der Waals surface area contributed by atoms with E-state index in [0.717, 1.165) is 11.3 Å². The van der Waals surface area contributed by atoms with E-state index in [1.165, 1.54) is 0 Å². The molecule has 0 aromatic heterocycles. The second kappa shape index (κ2) is 5.79. The maximum Gasteiger partial charge on any atom is 0.235 e. The van der Waals surface area contributed by atoms with Crippen LogP contribution in [0.3, 0.4) is 0 Å². The van der Waals surface area contributed by atoms with Crippen LogP contribution in [-0.4, -0.2) is 23.4 Å². The fourth-order valence-electron chi connectivity index (χ4n) is 2.68. The SMILES string of the molecule is O=C1C(c2ccccc2)CC(=NO)CN1c1ccccc1. The molecule has 1 fully saturated rings. The first kappa shape index (κ1) is 13.4. The fraction of sp³-hybridized carbons (Fsp3) is 0.176. The molecule has 0 aliphatic carbocycles. The average Bonchev–Trinajstić information content (AvgIpc) is 2.57. The zero-order valence-electron chi connectivity index (χ0n) is 11.5. The molecule has 0 spiro atoms. The molecule has 3 rings (SSSR count). The van der Waals surface area contributed by atoms with Crippen LogP contribution in [0.4, 0.5) is 5.69 Å². The number of carbonyl (C=O) groups excluding carboxylic acids is 1. The highest BCUT2D eigenvalue weighted by Crippen LogP contribution is 2.30. The lowest BCUT2D eigenvalue weighted by atomic mass is 9.88. The van der Waals surface area contributed by atoms with Crippen molar-refractivity contribution in [2.45, 2.75) is 12.3 Å². The van der Waals surface area contributed by atoms with Crippen molar-refractivity contribution < 1.29 is 10.0 Å². The van der Waals surface area contributed by atoms with Crippen molar-refractivity contribution >= 4 is 17.3 Å². The second-order valence-electron chi connectivity index (χ2n) is 5.09. The zero-order valence-corrected chi connectivity index (χ0v) is 11.5. The van der Waals surface area contributed by atoms with Crippen molar-refractivity contribution in [3.05, 3.63) is 66.2 Å². The molecule has 1 amide bonds. The van der Waals surface area contributed by atoms with Crippen LogP contribution < -0.4 is 4.90 Å². The van der Waals surface area contributed by atoms with E-state index in [9.17, 15) is 4.79 Å². The Bertz CT molecular complexity index is 600. The predicted molar refractivity (Wildman–Crippen MR) is 81.8 cm³/mol. The van der Waals surface area contributed by atoms with Crippen LogP contribution in [0.5, 0.6) is 0 Å². The molecule has 2 aromatic rings. The van der Waals surface area contributed by atoms with Crippen molar-refractivity contribution in [3.8, 4) is 0 Å². The molecular formula is C17H16N2O2. The maximum atomic E-state index is 12.8. The summed E-state index contributed by atoms with van der Waals surface area (Å²) in [6.45, 7) is 0.336. The molecule has 1 aliphatic rings. The van der Waals surface area contributed by atoms with Gasteiger partial charge in [0.05, 0.1) is 18.2 Å². The number of oxime groups is 1. The molecule has 1 heterocycles. The Balaban J connectivity index is 1.97. The highest BCUT2D eigenvalue weighted by atomic mass is 16.4. The van der Waals surface area contributed by atoms with Gasteiger partial charge in [-0.1, -0.05) is 53.7 Å². The summed E-state index contributed by atoms with van der Waals surface area (Å²) >= 11 is 0. The van der Waals surface area contributed by atoms with E-state index in [1.54, 1.807) is 4.90 Å². The third-order valence-electron chi connectivity index (χ3n) is 3.76. The van der Waals surface area contributed by atoms with Crippen LogP contribution in [-0.2, 0) is 4.79 Å². The van der Waals surface area contributed by atoms with E-state index in [-0.39, 0.29) is 11.8 Å². The average molecular weight is 280 g/mol. The van der Waals surface area contributed by atoms with Gasteiger partial charge in [-0.05, 0) is 17.7 Å². The normalized spacial score (nSPS) is 20.8. The molecule has 4 nitrogen and oxygen atoms in total. The Labute approximate surface area is 123 Å².